The van der Waals surface area contributed by atoms with Gasteiger partial charge < -0.3 is 0 Å². The molecule has 0 aliphatic carbocycles. The van der Waals surface area contributed by atoms with Gasteiger partial charge in [0.05, 0.1) is 0 Å². The average Bonchev–Trinajstić information content (AvgIpc) is 3.01. The van der Waals surface area contributed by atoms with E-state index in [1.807, 2.05) is 0 Å². The lowest BCUT2D eigenvalue weighted by Gasteiger charge is -2.14. The van der Waals surface area contributed by atoms with Crippen LogP contribution in [0.3, 0.4) is 0 Å². The molecule has 0 amide bonds. The van der Waals surface area contributed by atoms with Gasteiger partial charge in [0.25, 0.3) is 0 Å². The molecule has 0 radical (unpaired) electrons. The normalized spacial score (nSPS) is 12.1. The molecule has 0 N–H and O–H groups in total. The van der Waals surface area contributed by atoms with Crippen LogP contribution < -0.4 is 0 Å². The first-order chi connectivity index (χ1) is 19.3. The van der Waals surface area contributed by atoms with Crippen molar-refractivity contribution < 1.29 is 0 Å². The SMILES string of the molecule is C/C(=C\CCc1ccccc1-c1ccc2c(ccc3c4ccccc4c4ccccc4c23)c1)c1ccccc1. The van der Waals surface area contributed by atoms with Gasteiger partial charge >= 0.3 is 0 Å². The molecule has 0 aliphatic heterocycles. The molecule has 0 nitrogen and oxygen atoms in total. The Morgan fingerprint density at radius 3 is 1.90 bits per heavy atom. The number of benzene rings is 7. The highest BCUT2D eigenvalue weighted by Crippen LogP contribution is 2.40. The molecule has 0 heterocycles. The Balaban J connectivity index is 1.31. The van der Waals surface area contributed by atoms with Gasteiger partial charge in [-0.25, -0.2) is 0 Å². The van der Waals surface area contributed by atoms with Gasteiger partial charge in [-0.3, -0.25) is 0 Å². The van der Waals surface area contributed by atoms with E-state index in [0.717, 1.165) is 12.8 Å². The number of hydrogen-bond donors (Lipinski definition) is 0. The lowest BCUT2D eigenvalue weighted by atomic mass is 9.89. The van der Waals surface area contributed by atoms with Crippen molar-refractivity contribution in [2.24, 2.45) is 0 Å². The minimum atomic E-state index is 1.02. The predicted octanol–water partition coefficient (Wildman–Crippen LogP) is 11.0. The number of allylic oxidation sites excluding steroid dienone is 2. The average molecular weight is 499 g/mol. The Kier molecular flexibility index (Phi) is 5.94. The fourth-order valence-corrected chi connectivity index (χ4v) is 6.18. The van der Waals surface area contributed by atoms with Crippen LogP contribution >= 0.6 is 0 Å². The molecule has 7 rings (SSSR count). The van der Waals surface area contributed by atoms with Crippen molar-refractivity contribution in [3.63, 3.8) is 0 Å². The standard InChI is InChI=1S/C39H30/c1-27(28-13-3-2-4-14-28)12-11-16-29-15-5-6-17-32(29)30-22-24-33-31(26-30)23-25-38-36-20-8-7-18-34(36)35-19-9-10-21-37(35)39(33)38/h2-10,12-15,17-26H,11,16H2,1H3/b27-12+. The van der Waals surface area contributed by atoms with Crippen LogP contribution in [0.15, 0.2) is 140 Å². The van der Waals surface area contributed by atoms with E-state index in [1.54, 1.807) is 0 Å². The quantitative estimate of drug-likeness (QED) is 0.207. The minimum absolute atomic E-state index is 1.02. The molecular weight excluding hydrogens is 468 g/mol. The molecular formula is C39H30. The summed E-state index contributed by atoms with van der Waals surface area (Å²) in [5, 5.41) is 10.6. The van der Waals surface area contributed by atoms with Gasteiger partial charge in [-0.1, -0.05) is 133 Å². The molecule has 0 aliphatic rings. The Hall–Kier alpha value is -4.68. The first-order valence-corrected chi connectivity index (χ1v) is 13.8. The fourth-order valence-electron chi connectivity index (χ4n) is 6.18. The van der Waals surface area contributed by atoms with Gasteiger partial charge in [-0.2, -0.15) is 0 Å². The molecule has 0 atom stereocenters. The summed E-state index contributed by atoms with van der Waals surface area (Å²) < 4.78 is 0. The van der Waals surface area contributed by atoms with Gasteiger partial charge in [0.15, 0.2) is 0 Å². The summed E-state index contributed by atoms with van der Waals surface area (Å²) in [6.07, 6.45) is 4.41. The van der Waals surface area contributed by atoms with E-state index in [-0.39, 0.29) is 0 Å². The van der Waals surface area contributed by atoms with E-state index < -0.39 is 0 Å². The van der Waals surface area contributed by atoms with Crippen LogP contribution in [0.4, 0.5) is 0 Å². The van der Waals surface area contributed by atoms with Gasteiger partial charge in [-0.15, -0.1) is 0 Å². The van der Waals surface area contributed by atoms with Gasteiger partial charge in [0, 0.05) is 0 Å². The van der Waals surface area contributed by atoms with E-state index in [9.17, 15) is 0 Å². The molecule has 7 aromatic carbocycles. The van der Waals surface area contributed by atoms with Crippen molar-refractivity contribution in [2.75, 3.05) is 0 Å². The lowest BCUT2D eigenvalue weighted by Crippen LogP contribution is -1.91. The molecule has 0 aromatic heterocycles. The third-order valence-electron chi connectivity index (χ3n) is 8.15. The van der Waals surface area contributed by atoms with Crippen LogP contribution in [-0.2, 0) is 6.42 Å². The summed E-state index contributed by atoms with van der Waals surface area (Å²) in [7, 11) is 0. The maximum Gasteiger partial charge on any atom is -0.00204 e. The highest BCUT2D eigenvalue weighted by atomic mass is 14.2. The van der Waals surface area contributed by atoms with Crippen molar-refractivity contribution in [1.29, 1.82) is 0 Å². The maximum absolute atomic E-state index is 2.38. The third-order valence-corrected chi connectivity index (χ3v) is 8.15. The Labute approximate surface area is 229 Å². The second kappa shape index (κ2) is 9.89. The van der Waals surface area contributed by atoms with Crippen molar-refractivity contribution >= 4 is 48.7 Å². The largest absolute Gasteiger partial charge is 0.0807 e. The summed E-state index contributed by atoms with van der Waals surface area (Å²) in [6.45, 7) is 2.21. The lowest BCUT2D eigenvalue weighted by molar-refractivity contribution is 1.00. The highest BCUT2D eigenvalue weighted by Gasteiger charge is 2.12. The van der Waals surface area contributed by atoms with Crippen molar-refractivity contribution in [1.82, 2.24) is 0 Å². The first-order valence-electron chi connectivity index (χ1n) is 13.8. The van der Waals surface area contributed by atoms with Gasteiger partial charge in [0.1, 0.15) is 0 Å². The summed E-state index contributed by atoms with van der Waals surface area (Å²) in [5.41, 5.74) is 6.64. The van der Waals surface area contributed by atoms with Gasteiger partial charge in [-0.05, 0) is 96.7 Å². The molecule has 0 fully saturated rings. The first kappa shape index (κ1) is 23.4. The van der Waals surface area contributed by atoms with E-state index >= 15 is 0 Å². The molecule has 0 saturated heterocycles. The molecule has 0 saturated carbocycles. The van der Waals surface area contributed by atoms with Crippen LogP contribution in [0.25, 0.3) is 59.8 Å². The minimum Gasteiger partial charge on any atom is -0.0807 e. The van der Waals surface area contributed by atoms with E-state index in [0.29, 0.717) is 0 Å². The molecule has 0 unspecified atom stereocenters. The molecule has 0 heteroatoms. The topological polar surface area (TPSA) is 0 Å². The number of aryl methyl sites for hydroxylation is 1. The Bertz CT molecular complexity index is 1970. The maximum atomic E-state index is 2.38. The molecule has 0 spiro atoms. The monoisotopic (exact) mass is 498 g/mol. The fraction of sp³-hybridized carbons (Fsp3) is 0.0769. The van der Waals surface area contributed by atoms with Crippen LogP contribution in [0.5, 0.6) is 0 Å². The number of rotatable bonds is 5. The second-order valence-corrected chi connectivity index (χ2v) is 10.5. The summed E-state index contributed by atoms with van der Waals surface area (Å²) in [4.78, 5) is 0. The Morgan fingerprint density at radius 2 is 1.13 bits per heavy atom. The summed E-state index contributed by atoms with van der Waals surface area (Å²) >= 11 is 0. The van der Waals surface area contributed by atoms with Crippen LogP contribution in [0.1, 0.15) is 24.5 Å². The highest BCUT2D eigenvalue weighted by molar-refractivity contribution is 6.31. The zero-order valence-corrected chi connectivity index (χ0v) is 22.2. The van der Waals surface area contributed by atoms with E-state index in [4.69, 9.17) is 0 Å². The Morgan fingerprint density at radius 1 is 0.538 bits per heavy atom. The van der Waals surface area contributed by atoms with Crippen LogP contribution in [0.2, 0.25) is 0 Å². The van der Waals surface area contributed by atoms with Crippen molar-refractivity contribution in [2.45, 2.75) is 19.8 Å². The van der Waals surface area contributed by atoms with Gasteiger partial charge in [0.2, 0.25) is 0 Å². The number of hydrogen-bond acceptors (Lipinski definition) is 0. The van der Waals surface area contributed by atoms with Crippen LogP contribution in [0, 0.1) is 0 Å². The van der Waals surface area contributed by atoms with E-state index in [2.05, 4.69) is 146 Å². The molecule has 0 bridgehead atoms. The molecule has 7 aromatic rings. The summed E-state index contributed by atoms with van der Waals surface area (Å²) in [5.74, 6) is 0. The van der Waals surface area contributed by atoms with Crippen molar-refractivity contribution in [3.05, 3.63) is 151 Å². The van der Waals surface area contributed by atoms with Crippen LogP contribution in [-0.4, -0.2) is 0 Å². The van der Waals surface area contributed by atoms with Crippen molar-refractivity contribution in [3.8, 4) is 11.1 Å². The smallest absolute Gasteiger partial charge is 0.00204 e. The summed E-state index contributed by atoms with van der Waals surface area (Å²) in [6, 6.07) is 48.8. The molecule has 186 valence electrons. The second-order valence-electron chi connectivity index (χ2n) is 10.5. The predicted molar refractivity (Wildman–Crippen MR) is 170 cm³/mol. The zero-order chi connectivity index (χ0) is 26.2. The zero-order valence-electron chi connectivity index (χ0n) is 22.2. The molecule has 39 heavy (non-hydrogen) atoms. The number of fused-ring (bicyclic) bond motifs is 8. The van der Waals surface area contributed by atoms with E-state index in [1.165, 1.54) is 70.9 Å². The third kappa shape index (κ3) is 4.19.